The van der Waals surface area contributed by atoms with E-state index in [0.717, 1.165) is 17.1 Å². The van der Waals surface area contributed by atoms with E-state index in [-0.39, 0.29) is 0 Å². The molecule has 1 heteroatoms. The van der Waals surface area contributed by atoms with Crippen LogP contribution in [0, 0.1) is 0 Å². The summed E-state index contributed by atoms with van der Waals surface area (Å²) in [7, 11) is 0. The number of nitrogens with zero attached hydrogens (tertiary/aromatic N) is 1. The van der Waals surface area contributed by atoms with Gasteiger partial charge in [-0.15, -0.1) is 0 Å². The molecule has 0 aliphatic heterocycles. The van der Waals surface area contributed by atoms with Crippen molar-refractivity contribution in [3.05, 3.63) is 237 Å². The molecule has 0 aliphatic carbocycles. The van der Waals surface area contributed by atoms with Crippen molar-refractivity contribution in [1.82, 2.24) is 0 Å². The Morgan fingerprint density at radius 2 is 0.436 bits per heavy atom. The Labute approximate surface area is 324 Å². The summed E-state index contributed by atoms with van der Waals surface area (Å²) in [5.74, 6) is 0. The van der Waals surface area contributed by atoms with Gasteiger partial charge in [-0.05, 0) is 103 Å². The molecule has 0 bridgehead atoms. The van der Waals surface area contributed by atoms with Gasteiger partial charge >= 0.3 is 0 Å². The summed E-state index contributed by atoms with van der Waals surface area (Å²) < 4.78 is 0. The van der Waals surface area contributed by atoms with Crippen molar-refractivity contribution in [3.63, 3.8) is 0 Å². The maximum atomic E-state index is 2.35. The molecule has 55 heavy (non-hydrogen) atoms. The first kappa shape index (κ1) is 33.6. The highest BCUT2D eigenvalue weighted by Crippen LogP contribution is 2.42. The minimum atomic E-state index is 1.09. The van der Waals surface area contributed by atoms with E-state index >= 15 is 0 Å². The highest BCUT2D eigenvalue weighted by molar-refractivity contribution is 5.95. The Bertz CT molecular complexity index is 2560. The Balaban J connectivity index is 1.10. The maximum Gasteiger partial charge on any atom is 0.0462 e. The minimum absolute atomic E-state index is 1.09. The molecule has 0 atom stereocenters. The quantitative estimate of drug-likeness (QED) is 0.145. The van der Waals surface area contributed by atoms with Crippen LogP contribution in [0.25, 0.3) is 66.8 Å². The van der Waals surface area contributed by atoms with Crippen molar-refractivity contribution in [2.24, 2.45) is 0 Å². The fraction of sp³-hybridized carbons (Fsp3) is 0. The summed E-state index contributed by atoms with van der Waals surface area (Å²) in [6.45, 7) is 0. The van der Waals surface area contributed by atoms with Crippen LogP contribution in [0.4, 0.5) is 17.1 Å². The standard InChI is InChI=1S/C54H39N/c1-5-14-40(15-6-1)42-24-26-43(27-25-42)45-30-36-50(37-31-45)55(49-34-28-44(29-35-49)41-16-7-2-8-17-41)51-38-32-48(33-39-51)54-52(46-18-9-3-10-19-46)22-13-23-53(54)47-20-11-4-12-21-47/h1-39H. The van der Waals surface area contributed by atoms with Crippen LogP contribution in [-0.2, 0) is 0 Å². The van der Waals surface area contributed by atoms with Gasteiger partial charge in [-0.3, -0.25) is 0 Å². The van der Waals surface area contributed by atoms with Gasteiger partial charge in [0.25, 0.3) is 0 Å². The molecule has 0 spiro atoms. The Hall–Kier alpha value is -7.22. The van der Waals surface area contributed by atoms with E-state index < -0.39 is 0 Å². The molecule has 1 nitrogen and oxygen atoms in total. The lowest BCUT2D eigenvalue weighted by molar-refractivity contribution is 1.28. The predicted octanol–water partition coefficient (Wildman–Crippen LogP) is 15.2. The zero-order chi connectivity index (χ0) is 36.8. The van der Waals surface area contributed by atoms with Gasteiger partial charge < -0.3 is 4.90 Å². The molecule has 0 heterocycles. The van der Waals surface area contributed by atoms with E-state index in [1.165, 1.54) is 66.8 Å². The lowest BCUT2D eigenvalue weighted by atomic mass is 9.87. The third-order valence-electron chi connectivity index (χ3n) is 10.3. The van der Waals surface area contributed by atoms with Crippen molar-refractivity contribution in [2.75, 3.05) is 4.90 Å². The highest BCUT2D eigenvalue weighted by atomic mass is 15.1. The third-order valence-corrected chi connectivity index (χ3v) is 10.3. The van der Waals surface area contributed by atoms with Gasteiger partial charge in [0.05, 0.1) is 0 Å². The third kappa shape index (κ3) is 7.12. The van der Waals surface area contributed by atoms with Crippen LogP contribution in [0.2, 0.25) is 0 Å². The summed E-state index contributed by atoms with van der Waals surface area (Å²) in [4.78, 5) is 2.35. The maximum absolute atomic E-state index is 2.35. The van der Waals surface area contributed by atoms with Gasteiger partial charge in [0.1, 0.15) is 0 Å². The van der Waals surface area contributed by atoms with Crippen LogP contribution >= 0.6 is 0 Å². The molecule has 260 valence electrons. The number of hydrogen-bond donors (Lipinski definition) is 0. The molecule has 0 N–H and O–H groups in total. The second-order valence-corrected chi connectivity index (χ2v) is 13.7. The van der Waals surface area contributed by atoms with Gasteiger partial charge in [0.15, 0.2) is 0 Å². The highest BCUT2D eigenvalue weighted by Gasteiger charge is 2.17. The fourth-order valence-electron chi connectivity index (χ4n) is 7.53. The van der Waals surface area contributed by atoms with E-state index in [2.05, 4.69) is 241 Å². The van der Waals surface area contributed by atoms with E-state index in [1.807, 2.05) is 0 Å². The molecule has 0 aliphatic rings. The van der Waals surface area contributed by atoms with Crippen molar-refractivity contribution in [1.29, 1.82) is 0 Å². The van der Waals surface area contributed by atoms with Gasteiger partial charge in [-0.2, -0.15) is 0 Å². The molecule has 9 rings (SSSR count). The Morgan fingerprint density at radius 1 is 0.182 bits per heavy atom. The summed E-state index contributed by atoms with van der Waals surface area (Å²) in [6.07, 6.45) is 0. The van der Waals surface area contributed by atoms with E-state index in [4.69, 9.17) is 0 Å². The molecule has 0 radical (unpaired) electrons. The van der Waals surface area contributed by atoms with Crippen LogP contribution in [0.3, 0.4) is 0 Å². The SMILES string of the molecule is c1ccc(-c2ccc(-c3ccc(N(c4ccc(-c5ccccc5)cc4)c4ccc(-c5c(-c6ccccc6)cccc5-c5ccccc5)cc4)cc3)cc2)cc1. The zero-order valence-corrected chi connectivity index (χ0v) is 30.5. The molecule has 9 aromatic carbocycles. The van der Waals surface area contributed by atoms with E-state index in [1.54, 1.807) is 0 Å². The average Bonchev–Trinajstić information content (AvgIpc) is 3.28. The van der Waals surface area contributed by atoms with Crippen molar-refractivity contribution >= 4 is 17.1 Å². The molecule has 0 fully saturated rings. The second kappa shape index (κ2) is 15.4. The van der Waals surface area contributed by atoms with Crippen LogP contribution in [-0.4, -0.2) is 0 Å². The number of anilines is 3. The first-order valence-corrected chi connectivity index (χ1v) is 18.8. The summed E-state index contributed by atoms with van der Waals surface area (Å²) in [5, 5.41) is 0. The monoisotopic (exact) mass is 701 g/mol. The molecule has 0 saturated heterocycles. The minimum Gasteiger partial charge on any atom is -0.311 e. The molecule has 9 aromatic rings. The Kier molecular flexibility index (Phi) is 9.41. The van der Waals surface area contributed by atoms with E-state index in [9.17, 15) is 0 Å². The molecule has 0 unspecified atom stereocenters. The molecular weight excluding hydrogens is 663 g/mol. The number of rotatable bonds is 9. The van der Waals surface area contributed by atoms with Crippen molar-refractivity contribution < 1.29 is 0 Å². The molecule has 0 amide bonds. The predicted molar refractivity (Wildman–Crippen MR) is 234 cm³/mol. The van der Waals surface area contributed by atoms with Gasteiger partial charge in [0.2, 0.25) is 0 Å². The molecule has 0 aromatic heterocycles. The lowest BCUT2D eigenvalue weighted by Gasteiger charge is -2.26. The largest absolute Gasteiger partial charge is 0.311 e. The van der Waals surface area contributed by atoms with Crippen LogP contribution in [0.1, 0.15) is 0 Å². The number of hydrogen-bond acceptors (Lipinski definition) is 1. The normalized spacial score (nSPS) is 10.9. The fourth-order valence-corrected chi connectivity index (χ4v) is 7.53. The zero-order valence-electron chi connectivity index (χ0n) is 30.5. The van der Waals surface area contributed by atoms with Crippen LogP contribution < -0.4 is 4.90 Å². The van der Waals surface area contributed by atoms with Crippen LogP contribution in [0.15, 0.2) is 237 Å². The van der Waals surface area contributed by atoms with Gasteiger partial charge in [-0.1, -0.05) is 200 Å². The summed E-state index contributed by atoms with van der Waals surface area (Å²) >= 11 is 0. The van der Waals surface area contributed by atoms with Crippen LogP contribution in [0.5, 0.6) is 0 Å². The van der Waals surface area contributed by atoms with Crippen molar-refractivity contribution in [3.8, 4) is 66.8 Å². The lowest BCUT2D eigenvalue weighted by Crippen LogP contribution is -2.09. The average molecular weight is 702 g/mol. The van der Waals surface area contributed by atoms with Crippen molar-refractivity contribution in [2.45, 2.75) is 0 Å². The summed E-state index contributed by atoms with van der Waals surface area (Å²) in [6, 6.07) is 84.9. The second-order valence-electron chi connectivity index (χ2n) is 13.7. The van der Waals surface area contributed by atoms with Gasteiger partial charge in [0, 0.05) is 17.1 Å². The topological polar surface area (TPSA) is 3.24 Å². The summed E-state index contributed by atoms with van der Waals surface area (Å²) in [5.41, 5.74) is 17.8. The molecule has 0 saturated carbocycles. The first-order chi connectivity index (χ1) is 27.3. The first-order valence-electron chi connectivity index (χ1n) is 18.8. The Morgan fingerprint density at radius 3 is 0.764 bits per heavy atom. The molecular formula is C54H39N. The van der Waals surface area contributed by atoms with E-state index in [0.29, 0.717) is 0 Å². The number of benzene rings is 9. The smallest absolute Gasteiger partial charge is 0.0462 e. The van der Waals surface area contributed by atoms with Gasteiger partial charge in [-0.25, -0.2) is 0 Å².